The van der Waals surface area contributed by atoms with Crippen molar-refractivity contribution in [3.05, 3.63) is 23.8 Å². The molecule has 3 N–H and O–H groups in total. The van der Waals surface area contributed by atoms with Crippen molar-refractivity contribution in [2.24, 2.45) is 5.73 Å². The van der Waals surface area contributed by atoms with Crippen LogP contribution in [0.4, 0.5) is 0 Å². The molecule has 0 bridgehead atoms. The molecule has 21 heavy (non-hydrogen) atoms. The first-order valence-corrected chi connectivity index (χ1v) is 6.39. The molecule has 0 fully saturated rings. The first-order chi connectivity index (χ1) is 9.53. The molecule has 1 rings (SSSR count). The highest BCUT2D eigenvalue weighted by molar-refractivity contribution is 5.85. The summed E-state index contributed by atoms with van der Waals surface area (Å²) in [5, 5.41) is 9.08. The third kappa shape index (κ3) is 5.41. The number of aliphatic hydroxyl groups excluding tert-OH is 1. The number of halogens is 1. The van der Waals surface area contributed by atoms with E-state index in [4.69, 9.17) is 20.3 Å². The number of amides is 1. The predicted molar refractivity (Wildman–Crippen MR) is 82.9 cm³/mol. The van der Waals surface area contributed by atoms with Gasteiger partial charge in [0.05, 0.1) is 26.9 Å². The van der Waals surface area contributed by atoms with Gasteiger partial charge in [-0.1, -0.05) is 0 Å². The Bertz CT molecular complexity index is 455. The van der Waals surface area contributed by atoms with Crippen molar-refractivity contribution < 1.29 is 19.4 Å². The number of aliphatic hydroxyl groups is 1. The van der Waals surface area contributed by atoms with Crippen LogP contribution in [0, 0.1) is 0 Å². The largest absolute Gasteiger partial charge is 0.497 e. The second-order valence-electron chi connectivity index (χ2n) is 4.45. The zero-order chi connectivity index (χ0) is 15.1. The first-order valence-electron chi connectivity index (χ1n) is 6.39. The molecule has 0 spiro atoms. The number of rotatable bonds is 7. The maximum atomic E-state index is 12.0. The molecule has 7 heteroatoms. The van der Waals surface area contributed by atoms with Crippen molar-refractivity contribution in [3.63, 3.8) is 0 Å². The van der Waals surface area contributed by atoms with Crippen molar-refractivity contribution in [1.29, 1.82) is 0 Å². The molecular weight excluding hydrogens is 296 g/mol. The molecule has 1 atom stereocenters. The van der Waals surface area contributed by atoms with Crippen LogP contribution in [0.1, 0.15) is 12.5 Å². The van der Waals surface area contributed by atoms with E-state index in [2.05, 4.69) is 0 Å². The summed E-state index contributed by atoms with van der Waals surface area (Å²) in [4.78, 5) is 13.5. The Hall–Kier alpha value is -1.50. The molecule has 0 aliphatic heterocycles. The lowest BCUT2D eigenvalue weighted by atomic mass is 10.1. The Morgan fingerprint density at radius 3 is 2.52 bits per heavy atom. The van der Waals surface area contributed by atoms with Gasteiger partial charge in [-0.2, -0.15) is 0 Å². The average Bonchev–Trinajstić information content (AvgIpc) is 2.45. The minimum Gasteiger partial charge on any atom is -0.497 e. The van der Waals surface area contributed by atoms with Crippen LogP contribution in [0.3, 0.4) is 0 Å². The summed E-state index contributed by atoms with van der Waals surface area (Å²) in [6.07, 6.45) is 0. The Morgan fingerprint density at radius 1 is 1.38 bits per heavy atom. The third-order valence-electron chi connectivity index (χ3n) is 2.92. The number of nitrogens with zero attached hydrogens (tertiary/aromatic N) is 1. The van der Waals surface area contributed by atoms with E-state index in [1.807, 2.05) is 0 Å². The highest BCUT2D eigenvalue weighted by Gasteiger charge is 2.19. The zero-order valence-electron chi connectivity index (χ0n) is 12.5. The van der Waals surface area contributed by atoms with Gasteiger partial charge in [0.25, 0.3) is 0 Å². The first kappa shape index (κ1) is 19.5. The standard InChI is InChI=1S/C14H22N2O4.ClH/c1-10(15)14(18)16(6-7-17)9-11-8-12(19-2)4-5-13(11)20-3;/h4-5,8,10,17H,6-7,9,15H2,1-3H3;1H. The van der Waals surface area contributed by atoms with Crippen molar-refractivity contribution in [1.82, 2.24) is 4.90 Å². The van der Waals surface area contributed by atoms with Crippen molar-refractivity contribution in [2.75, 3.05) is 27.4 Å². The minimum atomic E-state index is -0.613. The number of carbonyl (C=O) groups is 1. The summed E-state index contributed by atoms with van der Waals surface area (Å²) in [5.41, 5.74) is 6.42. The molecule has 1 amide bonds. The molecule has 0 aromatic heterocycles. The summed E-state index contributed by atoms with van der Waals surface area (Å²) < 4.78 is 10.4. The number of nitrogens with two attached hydrogens (primary N) is 1. The Labute approximate surface area is 131 Å². The SMILES string of the molecule is COc1ccc(OC)c(CN(CCO)C(=O)C(C)N)c1.Cl. The maximum absolute atomic E-state index is 12.0. The molecular formula is C14H23ClN2O4. The van der Waals surface area contributed by atoms with Crippen LogP contribution in [0.15, 0.2) is 18.2 Å². The smallest absolute Gasteiger partial charge is 0.239 e. The van der Waals surface area contributed by atoms with Gasteiger partial charge in [-0.3, -0.25) is 4.79 Å². The van der Waals surface area contributed by atoms with Crippen LogP contribution in [0.25, 0.3) is 0 Å². The third-order valence-corrected chi connectivity index (χ3v) is 2.92. The van der Waals surface area contributed by atoms with Crippen LogP contribution >= 0.6 is 12.4 Å². The Balaban J connectivity index is 0.00000400. The van der Waals surface area contributed by atoms with E-state index in [-0.39, 0.29) is 31.5 Å². The lowest BCUT2D eigenvalue weighted by Gasteiger charge is -2.24. The Kier molecular flexibility index (Phi) is 8.76. The molecule has 6 nitrogen and oxygen atoms in total. The van der Waals surface area contributed by atoms with E-state index < -0.39 is 6.04 Å². The van der Waals surface area contributed by atoms with E-state index in [1.54, 1.807) is 39.3 Å². The number of carbonyl (C=O) groups excluding carboxylic acids is 1. The number of benzene rings is 1. The molecule has 0 heterocycles. The zero-order valence-corrected chi connectivity index (χ0v) is 13.4. The molecule has 1 aromatic carbocycles. The molecule has 0 saturated carbocycles. The van der Waals surface area contributed by atoms with Gasteiger partial charge in [-0.05, 0) is 25.1 Å². The summed E-state index contributed by atoms with van der Waals surface area (Å²) in [7, 11) is 3.14. The quantitative estimate of drug-likeness (QED) is 0.776. The van der Waals surface area contributed by atoms with Gasteiger partial charge in [0.1, 0.15) is 11.5 Å². The molecule has 120 valence electrons. The van der Waals surface area contributed by atoms with E-state index in [0.717, 1.165) is 5.56 Å². The van der Waals surface area contributed by atoms with Crippen LogP contribution < -0.4 is 15.2 Å². The van der Waals surface area contributed by atoms with E-state index >= 15 is 0 Å². The van der Waals surface area contributed by atoms with Gasteiger partial charge in [-0.25, -0.2) is 0 Å². The van der Waals surface area contributed by atoms with Gasteiger partial charge in [0, 0.05) is 18.7 Å². The molecule has 0 saturated heterocycles. The van der Waals surface area contributed by atoms with Crippen LogP contribution in [-0.4, -0.2) is 49.3 Å². The predicted octanol–water partition coefficient (Wildman–Crippen LogP) is 0.794. The van der Waals surface area contributed by atoms with Crippen LogP contribution in [-0.2, 0) is 11.3 Å². The lowest BCUT2D eigenvalue weighted by Crippen LogP contribution is -2.43. The van der Waals surface area contributed by atoms with Crippen molar-refractivity contribution in [2.45, 2.75) is 19.5 Å². The second-order valence-corrected chi connectivity index (χ2v) is 4.45. The molecule has 1 aromatic rings. The second kappa shape index (κ2) is 9.44. The summed E-state index contributed by atoms with van der Waals surface area (Å²) in [5.74, 6) is 1.12. The van der Waals surface area contributed by atoms with Gasteiger partial charge in [0.15, 0.2) is 0 Å². The number of hydrogen-bond donors (Lipinski definition) is 2. The fourth-order valence-electron chi connectivity index (χ4n) is 1.89. The molecule has 0 aliphatic rings. The van der Waals surface area contributed by atoms with Gasteiger partial charge in [0.2, 0.25) is 5.91 Å². The summed E-state index contributed by atoms with van der Waals surface area (Å²) in [6.45, 7) is 2.03. The van der Waals surface area contributed by atoms with E-state index in [0.29, 0.717) is 18.0 Å². The van der Waals surface area contributed by atoms with Crippen molar-refractivity contribution in [3.8, 4) is 11.5 Å². The van der Waals surface area contributed by atoms with E-state index in [1.165, 1.54) is 4.90 Å². The average molecular weight is 319 g/mol. The summed E-state index contributed by atoms with van der Waals surface area (Å²) >= 11 is 0. The Morgan fingerprint density at radius 2 is 2.05 bits per heavy atom. The van der Waals surface area contributed by atoms with E-state index in [9.17, 15) is 4.79 Å². The fourth-order valence-corrected chi connectivity index (χ4v) is 1.89. The number of methoxy groups -OCH3 is 2. The lowest BCUT2D eigenvalue weighted by molar-refractivity contribution is -0.133. The highest BCUT2D eigenvalue weighted by atomic mass is 35.5. The molecule has 1 unspecified atom stereocenters. The monoisotopic (exact) mass is 318 g/mol. The normalized spacial score (nSPS) is 11.3. The molecule has 0 radical (unpaired) electrons. The number of ether oxygens (including phenoxy) is 2. The number of hydrogen-bond acceptors (Lipinski definition) is 5. The van der Waals surface area contributed by atoms with Gasteiger partial charge >= 0.3 is 0 Å². The van der Waals surface area contributed by atoms with Crippen LogP contribution in [0.5, 0.6) is 11.5 Å². The minimum absolute atomic E-state index is 0. The maximum Gasteiger partial charge on any atom is 0.239 e. The summed E-state index contributed by atoms with van der Waals surface area (Å²) in [6, 6.07) is 4.75. The van der Waals surface area contributed by atoms with Crippen molar-refractivity contribution >= 4 is 18.3 Å². The van der Waals surface area contributed by atoms with Gasteiger partial charge < -0.3 is 25.2 Å². The molecule has 0 aliphatic carbocycles. The highest BCUT2D eigenvalue weighted by Crippen LogP contribution is 2.25. The fraction of sp³-hybridized carbons (Fsp3) is 0.500. The van der Waals surface area contributed by atoms with Crippen LogP contribution in [0.2, 0.25) is 0 Å². The topological polar surface area (TPSA) is 85.0 Å². The van der Waals surface area contributed by atoms with Gasteiger partial charge in [-0.15, -0.1) is 12.4 Å².